The van der Waals surface area contributed by atoms with Crippen LogP contribution in [0.2, 0.25) is 0 Å². The minimum atomic E-state index is -0.0121. The highest BCUT2D eigenvalue weighted by Gasteiger charge is 2.46. The molecule has 16 heavy (non-hydrogen) atoms. The van der Waals surface area contributed by atoms with Crippen LogP contribution in [0.4, 0.5) is 0 Å². The van der Waals surface area contributed by atoms with Crippen molar-refractivity contribution in [2.75, 3.05) is 20.2 Å². The molecule has 1 N–H and O–H groups in total. The molecule has 3 nitrogen and oxygen atoms in total. The van der Waals surface area contributed by atoms with Crippen molar-refractivity contribution < 1.29 is 9.53 Å². The van der Waals surface area contributed by atoms with Crippen molar-refractivity contribution in [3.63, 3.8) is 0 Å². The Kier molecular flexibility index (Phi) is 5.06. The number of rotatable bonds is 1. The molecule has 1 saturated carbocycles. The average Bonchev–Trinajstić information content (AvgIpc) is 2.50. The van der Waals surface area contributed by atoms with Gasteiger partial charge in [-0.3, -0.25) is 4.79 Å². The number of ether oxygens (including phenoxy) is 1. The standard InChI is InChI=1S/C12H21NO2.ClH/c1-15-11(14)10-8-13-9-12(10)6-4-2-3-5-7-12;/h10,13H,2-9H2,1H3;1H. The summed E-state index contributed by atoms with van der Waals surface area (Å²) in [6.07, 6.45) is 7.59. The number of halogens is 1. The molecule has 94 valence electrons. The van der Waals surface area contributed by atoms with Crippen LogP contribution < -0.4 is 5.32 Å². The van der Waals surface area contributed by atoms with Crippen LogP contribution >= 0.6 is 12.4 Å². The van der Waals surface area contributed by atoms with E-state index in [1.54, 1.807) is 0 Å². The van der Waals surface area contributed by atoms with Crippen LogP contribution in [0.25, 0.3) is 0 Å². The number of carbonyl (C=O) groups excluding carboxylic acids is 1. The van der Waals surface area contributed by atoms with Gasteiger partial charge in [0.15, 0.2) is 0 Å². The normalized spacial score (nSPS) is 28.2. The Morgan fingerprint density at radius 1 is 1.25 bits per heavy atom. The van der Waals surface area contributed by atoms with Crippen molar-refractivity contribution in [1.82, 2.24) is 5.32 Å². The maximum Gasteiger partial charge on any atom is 0.310 e. The van der Waals surface area contributed by atoms with Gasteiger partial charge < -0.3 is 10.1 Å². The van der Waals surface area contributed by atoms with E-state index in [9.17, 15) is 4.79 Å². The first-order valence-electron chi connectivity index (χ1n) is 6.07. The van der Waals surface area contributed by atoms with E-state index in [1.807, 2.05) is 0 Å². The Hall–Kier alpha value is -0.280. The Bertz CT molecular complexity index is 237. The predicted octanol–water partition coefficient (Wildman–Crippen LogP) is 2.14. The molecule has 4 heteroatoms. The minimum absolute atomic E-state index is 0. The van der Waals surface area contributed by atoms with E-state index in [4.69, 9.17) is 4.74 Å². The zero-order valence-corrected chi connectivity index (χ0v) is 10.8. The summed E-state index contributed by atoms with van der Waals surface area (Å²) in [5.74, 6) is 0.0856. The lowest BCUT2D eigenvalue weighted by molar-refractivity contribution is -0.148. The Balaban J connectivity index is 0.00000128. The molecule has 0 aromatic rings. The maximum atomic E-state index is 11.7. The molecule has 1 aliphatic heterocycles. The molecule has 1 aliphatic carbocycles. The number of hydrogen-bond donors (Lipinski definition) is 1. The molecule has 0 amide bonds. The molecule has 1 saturated heterocycles. The molecule has 1 spiro atoms. The van der Waals surface area contributed by atoms with Gasteiger partial charge in [0.2, 0.25) is 0 Å². The van der Waals surface area contributed by atoms with Gasteiger partial charge in [-0.15, -0.1) is 12.4 Å². The zero-order valence-electron chi connectivity index (χ0n) is 9.96. The van der Waals surface area contributed by atoms with Crippen molar-refractivity contribution in [1.29, 1.82) is 0 Å². The molecule has 0 aromatic carbocycles. The van der Waals surface area contributed by atoms with E-state index in [0.717, 1.165) is 13.1 Å². The van der Waals surface area contributed by atoms with Crippen LogP contribution in [-0.4, -0.2) is 26.2 Å². The fraction of sp³-hybridized carbons (Fsp3) is 0.917. The SMILES string of the molecule is COC(=O)C1CNCC12CCCCCC2.Cl. The van der Waals surface area contributed by atoms with Crippen molar-refractivity contribution in [2.45, 2.75) is 38.5 Å². The van der Waals surface area contributed by atoms with Gasteiger partial charge in [-0.25, -0.2) is 0 Å². The third kappa shape index (κ3) is 2.51. The number of hydrogen-bond acceptors (Lipinski definition) is 3. The fourth-order valence-corrected chi connectivity index (χ4v) is 3.24. The summed E-state index contributed by atoms with van der Waals surface area (Å²) in [5.41, 5.74) is 0.212. The first-order valence-corrected chi connectivity index (χ1v) is 6.07. The summed E-state index contributed by atoms with van der Waals surface area (Å²) in [7, 11) is 1.51. The summed E-state index contributed by atoms with van der Waals surface area (Å²) in [4.78, 5) is 11.7. The summed E-state index contributed by atoms with van der Waals surface area (Å²) in [5, 5.41) is 3.38. The van der Waals surface area contributed by atoms with Crippen molar-refractivity contribution in [3.05, 3.63) is 0 Å². The second kappa shape index (κ2) is 5.87. The molecule has 1 unspecified atom stereocenters. The molecule has 0 aromatic heterocycles. The van der Waals surface area contributed by atoms with Crippen LogP contribution in [0.1, 0.15) is 38.5 Å². The summed E-state index contributed by atoms with van der Waals surface area (Å²) >= 11 is 0. The van der Waals surface area contributed by atoms with Gasteiger partial charge in [0, 0.05) is 13.1 Å². The highest BCUT2D eigenvalue weighted by atomic mass is 35.5. The van der Waals surface area contributed by atoms with Gasteiger partial charge in [0.05, 0.1) is 13.0 Å². The third-order valence-electron chi connectivity index (χ3n) is 4.15. The Labute approximate surface area is 104 Å². The van der Waals surface area contributed by atoms with E-state index < -0.39 is 0 Å². The number of nitrogens with one attached hydrogen (secondary N) is 1. The van der Waals surface area contributed by atoms with Crippen LogP contribution in [0, 0.1) is 11.3 Å². The second-order valence-corrected chi connectivity index (χ2v) is 4.98. The smallest absolute Gasteiger partial charge is 0.310 e. The lowest BCUT2D eigenvalue weighted by Gasteiger charge is -2.31. The van der Waals surface area contributed by atoms with Gasteiger partial charge in [0.25, 0.3) is 0 Å². The predicted molar refractivity (Wildman–Crippen MR) is 65.8 cm³/mol. The maximum absolute atomic E-state index is 11.7. The third-order valence-corrected chi connectivity index (χ3v) is 4.15. The van der Waals surface area contributed by atoms with Crippen LogP contribution in [0.15, 0.2) is 0 Å². The molecular formula is C12H22ClNO2. The summed E-state index contributed by atoms with van der Waals surface area (Å²) in [6.45, 7) is 1.82. The first-order chi connectivity index (χ1) is 7.28. The van der Waals surface area contributed by atoms with Gasteiger partial charge >= 0.3 is 5.97 Å². The van der Waals surface area contributed by atoms with Crippen LogP contribution in [0.5, 0.6) is 0 Å². The van der Waals surface area contributed by atoms with E-state index in [2.05, 4.69) is 5.32 Å². The van der Waals surface area contributed by atoms with Crippen molar-refractivity contribution in [2.24, 2.45) is 11.3 Å². The van der Waals surface area contributed by atoms with Crippen molar-refractivity contribution in [3.8, 4) is 0 Å². The number of methoxy groups -OCH3 is 1. The monoisotopic (exact) mass is 247 g/mol. The topological polar surface area (TPSA) is 38.3 Å². The largest absolute Gasteiger partial charge is 0.469 e. The minimum Gasteiger partial charge on any atom is -0.469 e. The molecular weight excluding hydrogens is 226 g/mol. The highest BCUT2D eigenvalue weighted by molar-refractivity contribution is 5.85. The average molecular weight is 248 g/mol. The van der Waals surface area contributed by atoms with Crippen LogP contribution in [0.3, 0.4) is 0 Å². The zero-order chi connectivity index (χ0) is 10.7. The van der Waals surface area contributed by atoms with Crippen LogP contribution in [-0.2, 0) is 9.53 Å². The second-order valence-electron chi connectivity index (χ2n) is 4.98. The van der Waals surface area contributed by atoms with E-state index in [0.29, 0.717) is 0 Å². The van der Waals surface area contributed by atoms with E-state index in [-0.39, 0.29) is 29.7 Å². The van der Waals surface area contributed by atoms with Gasteiger partial charge in [-0.2, -0.15) is 0 Å². The molecule has 2 fully saturated rings. The number of esters is 1. The molecule has 0 radical (unpaired) electrons. The van der Waals surface area contributed by atoms with E-state index >= 15 is 0 Å². The highest BCUT2D eigenvalue weighted by Crippen LogP contribution is 2.44. The molecule has 1 atom stereocenters. The fourth-order valence-electron chi connectivity index (χ4n) is 3.24. The molecule has 1 heterocycles. The lowest BCUT2D eigenvalue weighted by atomic mass is 9.72. The summed E-state index contributed by atoms with van der Waals surface area (Å²) in [6, 6.07) is 0. The summed E-state index contributed by atoms with van der Waals surface area (Å²) < 4.78 is 4.92. The molecule has 2 aliphatic rings. The first kappa shape index (κ1) is 13.8. The van der Waals surface area contributed by atoms with Gasteiger partial charge in [0.1, 0.15) is 0 Å². The quantitative estimate of drug-likeness (QED) is 0.722. The van der Waals surface area contributed by atoms with Gasteiger partial charge in [-0.05, 0) is 18.3 Å². The Morgan fingerprint density at radius 3 is 2.44 bits per heavy atom. The lowest BCUT2D eigenvalue weighted by Crippen LogP contribution is -2.35. The van der Waals surface area contributed by atoms with Gasteiger partial charge in [-0.1, -0.05) is 25.7 Å². The van der Waals surface area contributed by atoms with Crippen molar-refractivity contribution >= 4 is 18.4 Å². The van der Waals surface area contributed by atoms with E-state index in [1.165, 1.54) is 45.6 Å². The molecule has 0 bridgehead atoms. The number of carbonyl (C=O) groups is 1. The molecule has 2 rings (SSSR count). The Morgan fingerprint density at radius 2 is 1.88 bits per heavy atom.